The summed E-state index contributed by atoms with van der Waals surface area (Å²) in [5, 5.41) is 2.92. The molecule has 3 atom stereocenters. The molecule has 196 valence electrons. The van der Waals surface area contributed by atoms with E-state index in [9.17, 15) is 9.59 Å². The lowest BCUT2D eigenvalue weighted by Crippen LogP contribution is -2.53. The molecule has 3 rings (SSSR count). The number of urea groups is 1. The number of fused-ring (bicyclic) bond motifs is 1. The Kier molecular flexibility index (Phi) is 8.90. The summed E-state index contributed by atoms with van der Waals surface area (Å²) in [6.07, 6.45) is 1.32. The molecule has 36 heavy (non-hydrogen) atoms. The molecule has 1 heterocycles. The minimum Gasteiger partial charge on any atom is -0.493 e. The van der Waals surface area contributed by atoms with Gasteiger partial charge in [0, 0.05) is 6.54 Å². The summed E-state index contributed by atoms with van der Waals surface area (Å²) in [5.74, 6) is 1.77. The molecule has 0 aliphatic carbocycles. The number of ether oxygens (including phenoxy) is 5. The Bertz CT molecular complexity index is 1090. The van der Waals surface area contributed by atoms with Crippen LogP contribution in [0.5, 0.6) is 23.0 Å². The highest BCUT2D eigenvalue weighted by Gasteiger charge is 2.36. The van der Waals surface area contributed by atoms with E-state index in [-0.39, 0.29) is 11.9 Å². The van der Waals surface area contributed by atoms with Gasteiger partial charge < -0.3 is 33.9 Å². The minimum absolute atomic E-state index is 0.0950. The Morgan fingerprint density at radius 1 is 0.944 bits per heavy atom. The van der Waals surface area contributed by atoms with Gasteiger partial charge >= 0.3 is 12.0 Å². The normalized spacial score (nSPS) is 16.3. The maximum absolute atomic E-state index is 13.7. The van der Waals surface area contributed by atoms with Gasteiger partial charge in [0.25, 0.3) is 0 Å². The van der Waals surface area contributed by atoms with Gasteiger partial charge in [0.1, 0.15) is 6.04 Å². The Balaban J connectivity index is 2.11. The van der Waals surface area contributed by atoms with E-state index >= 15 is 0 Å². The topological polar surface area (TPSA) is 95.6 Å². The molecule has 0 fully saturated rings. The number of hydrogen-bond acceptors (Lipinski definition) is 7. The number of nitrogens with one attached hydrogen (secondary N) is 1. The van der Waals surface area contributed by atoms with Crippen LogP contribution in [0.25, 0.3) is 0 Å². The fourth-order valence-electron chi connectivity index (χ4n) is 4.56. The molecule has 9 nitrogen and oxygen atoms in total. The van der Waals surface area contributed by atoms with Crippen LogP contribution in [0.1, 0.15) is 43.0 Å². The molecule has 0 unspecified atom stereocenters. The highest BCUT2D eigenvalue weighted by molar-refractivity contribution is 5.84. The van der Waals surface area contributed by atoms with Crippen molar-refractivity contribution in [1.29, 1.82) is 0 Å². The maximum atomic E-state index is 13.7. The van der Waals surface area contributed by atoms with Crippen molar-refractivity contribution < 1.29 is 33.3 Å². The second-order valence-electron chi connectivity index (χ2n) is 8.70. The SMILES string of the molecule is CC[C@H](C)[C@H](NC(=O)N1CCc2cc(OC)c(OC)cc2[C@@H]1c1ccc(OC)c(OC)c1)C(=O)OC. The van der Waals surface area contributed by atoms with Crippen molar-refractivity contribution in [2.45, 2.75) is 38.8 Å². The lowest BCUT2D eigenvalue weighted by molar-refractivity contribution is -0.144. The largest absolute Gasteiger partial charge is 0.493 e. The third-order valence-corrected chi connectivity index (χ3v) is 6.80. The zero-order valence-electron chi connectivity index (χ0n) is 22.0. The summed E-state index contributed by atoms with van der Waals surface area (Å²) >= 11 is 0. The molecular weight excluding hydrogens is 464 g/mol. The number of rotatable bonds is 9. The molecule has 0 saturated carbocycles. The standard InChI is InChI=1S/C27H36N2O7/c1-8-16(2)24(26(30)36-7)28-27(31)29-12-11-17-13-22(34-5)23(35-6)15-19(17)25(29)18-9-10-20(32-3)21(14-18)33-4/h9-10,13-16,24-25H,8,11-12H2,1-7H3,(H,28,31)/t16-,24-,25-/m0/s1. The van der Waals surface area contributed by atoms with Gasteiger partial charge in [-0.1, -0.05) is 26.3 Å². The van der Waals surface area contributed by atoms with Crippen molar-refractivity contribution in [3.05, 3.63) is 47.0 Å². The lowest BCUT2D eigenvalue weighted by atomic mass is 9.87. The van der Waals surface area contributed by atoms with Crippen molar-refractivity contribution in [2.75, 3.05) is 42.1 Å². The Labute approximate surface area is 212 Å². The van der Waals surface area contributed by atoms with E-state index in [4.69, 9.17) is 23.7 Å². The molecule has 0 spiro atoms. The quantitative estimate of drug-likeness (QED) is 0.521. The first kappa shape index (κ1) is 27.0. The van der Waals surface area contributed by atoms with Gasteiger partial charge in [-0.3, -0.25) is 0 Å². The highest BCUT2D eigenvalue weighted by Crippen LogP contribution is 2.42. The van der Waals surface area contributed by atoms with Gasteiger partial charge in [0.05, 0.1) is 41.6 Å². The van der Waals surface area contributed by atoms with Gasteiger partial charge in [0.15, 0.2) is 23.0 Å². The number of carbonyl (C=O) groups is 2. The predicted octanol–water partition coefficient (Wildman–Crippen LogP) is 3.97. The van der Waals surface area contributed by atoms with Crippen molar-refractivity contribution in [3.8, 4) is 23.0 Å². The Morgan fingerprint density at radius 2 is 1.56 bits per heavy atom. The molecular formula is C27H36N2O7. The predicted molar refractivity (Wildman–Crippen MR) is 135 cm³/mol. The number of esters is 1. The van der Waals surface area contributed by atoms with Crippen LogP contribution in [-0.4, -0.2) is 65.0 Å². The number of amides is 2. The summed E-state index contributed by atoms with van der Waals surface area (Å²) in [4.78, 5) is 27.9. The molecule has 2 aromatic carbocycles. The first-order valence-electron chi connectivity index (χ1n) is 11.9. The number of methoxy groups -OCH3 is 5. The van der Waals surface area contributed by atoms with Crippen molar-refractivity contribution in [3.63, 3.8) is 0 Å². The van der Waals surface area contributed by atoms with Crippen LogP contribution in [0.2, 0.25) is 0 Å². The molecule has 1 N–H and O–H groups in total. The molecule has 0 aromatic heterocycles. The van der Waals surface area contributed by atoms with E-state index in [0.29, 0.717) is 42.4 Å². The van der Waals surface area contributed by atoms with Crippen LogP contribution in [0.4, 0.5) is 4.79 Å². The molecule has 9 heteroatoms. The van der Waals surface area contributed by atoms with Crippen molar-refractivity contribution in [1.82, 2.24) is 10.2 Å². The second kappa shape index (κ2) is 11.9. The number of nitrogens with zero attached hydrogens (tertiary/aromatic N) is 1. The summed E-state index contributed by atoms with van der Waals surface area (Å²) in [7, 11) is 7.65. The smallest absolute Gasteiger partial charge is 0.328 e. The summed E-state index contributed by atoms with van der Waals surface area (Å²) in [5.41, 5.74) is 2.77. The zero-order chi connectivity index (χ0) is 26.4. The van der Waals surface area contributed by atoms with Gasteiger partial charge in [-0.15, -0.1) is 0 Å². The first-order chi connectivity index (χ1) is 17.3. The highest BCUT2D eigenvalue weighted by atomic mass is 16.5. The summed E-state index contributed by atoms with van der Waals surface area (Å²) < 4.78 is 27.0. The summed E-state index contributed by atoms with van der Waals surface area (Å²) in [6.45, 7) is 4.31. The second-order valence-corrected chi connectivity index (χ2v) is 8.70. The molecule has 1 aliphatic heterocycles. The zero-order valence-corrected chi connectivity index (χ0v) is 22.0. The van der Waals surface area contributed by atoms with Crippen LogP contribution >= 0.6 is 0 Å². The third kappa shape index (κ3) is 5.29. The van der Waals surface area contributed by atoms with Gasteiger partial charge in [-0.25, -0.2) is 9.59 Å². The monoisotopic (exact) mass is 500 g/mol. The number of carbonyl (C=O) groups excluding carboxylic acids is 2. The molecule has 0 saturated heterocycles. The molecule has 2 amide bonds. The number of benzene rings is 2. The molecule has 2 aromatic rings. The maximum Gasteiger partial charge on any atom is 0.328 e. The minimum atomic E-state index is -0.759. The van der Waals surface area contributed by atoms with Crippen LogP contribution in [0, 0.1) is 5.92 Å². The van der Waals surface area contributed by atoms with E-state index in [0.717, 1.165) is 16.7 Å². The van der Waals surface area contributed by atoms with E-state index in [1.807, 2.05) is 44.2 Å². The fraction of sp³-hybridized carbons (Fsp3) is 0.481. The van der Waals surface area contributed by atoms with E-state index in [1.54, 1.807) is 33.3 Å². The average molecular weight is 501 g/mol. The van der Waals surface area contributed by atoms with Crippen LogP contribution in [0.15, 0.2) is 30.3 Å². The molecule has 0 bridgehead atoms. The van der Waals surface area contributed by atoms with Crippen LogP contribution < -0.4 is 24.3 Å². The average Bonchev–Trinajstić information content (AvgIpc) is 2.92. The fourth-order valence-corrected chi connectivity index (χ4v) is 4.56. The van der Waals surface area contributed by atoms with Gasteiger partial charge in [0.2, 0.25) is 0 Å². The first-order valence-corrected chi connectivity index (χ1v) is 11.9. The van der Waals surface area contributed by atoms with Crippen LogP contribution in [-0.2, 0) is 16.0 Å². The third-order valence-electron chi connectivity index (χ3n) is 6.80. The van der Waals surface area contributed by atoms with Gasteiger partial charge in [-0.2, -0.15) is 0 Å². The van der Waals surface area contributed by atoms with Crippen molar-refractivity contribution in [2.24, 2.45) is 5.92 Å². The van der Waals surface area contributed by atoms with E-state index < -0.39 is 18.1 Å². The Hall–Kier alpha value is -3.62. The Morgan fingerprint density at radius 3 is 2.14 bits per heavy atom. The van der Waals surface area contributed by atoms with E-state index in [1.165, 1.54) is 7.11 Å². The summed E-state index contributed by atoms with van der Waals surface area (Å²) in [6, 6.07) is 7.86. The van der Waals surface area contributed by atoms with Crippen molar-refractivity contribution >= 4 is 12.0 Å². The molecule has 0 radical (unpaired) electrons. The van der Waals surface area contributed by atoms with Gasteiger partial charge in [-0.05, 0) is 53.3 Å². The lowest BCUT2D eigenvalue weighted by Gasteiger charge is -2.39. The number of hydrogen-bond donors (Lipinski definition) is 1. The van der Waals surface area contributed by atoms with E-state index in [2.05, 4.69) is 5.32 Å². The van der Waals surface area contributed by atoms with Crippen LogP contribution in [0.3, 0.4) is 0 Å². The molecule has 1 aliphatic rings.